The maximum atomic E-state index is 13.6. The number of hydrogen-bond donors (Lipinski definition) is 12. The second kappa shape index (κ2) is 22.9. The van der Waals surface area contributed by atoms with E-state index >= 15 is 0 Å². The van der Waals surface area contributed by atoms with Crippen LogP contribution in [0.3, 0.4) is 0 Å². The summed E-state index contributed by atoms with van der Waals surface area (Å²) in [6.45, 7) is -1.42. The van der Waals surface area contributed by atoms with Gasteiger partial charge in [0.25, 0.3) is 0 Å². The molecule has 21 nitrogen and oxygen atoms in total. The van der Waals surface area contributed by atoms with Crippen molar-refractivity contribution in [1.29, 1.82) is 0 Å². The monoisotopic (exact) mass is 779 g/mol. The minimum atomic E-state index is -1.73. The fraction of sp³-hybridized carbons (Fsp3) is 0.588. The third-order valence-corrected chi connectivity index (χ3v) is 8.75. The molecule has 1 unspecified atom stereocenters. The molecule has 55 heavy (non-hydrogen) atoms. The highest BCUT2D eigenvalue weighted by Gasteiger charge is 2.38. The zero-order chi connectivity index (χ0) is 41.2. The molecule has 8 atom stereocenters. The molecule has 0 saturated carbocycles. The highest BCUT2D eigenvalue weighted by molar-refractivity contribution is 5.97. The first-order valence-corrected chi connectivity index (χ1v) is 17.7. The normalized spacial score (nSPS) is 22.9. The molecular formula is C34H53N9O12. The Balaban J connectivity index is 2.32. The lowest BCUT2D eigenvalue weighted by atomic mass is 10.0. The Kier molecular flexibility index (Phi) is 19.1. The van der Waals surface area contributed by atoms with Gasteiger partial charge in [-0.05, 0) is 38.2 Å². The summed E-state index contributed by atoms with van der Waals surface area (Å²) in [6.07, 6.45) is -1.76. The lowest BCUT2D eigenvalue weighted by Gasteiger charge is -2.33. The first kappa shape index (κ1) is 45.9. The van der Waals surface area contributed by atoms with Crippen LogP contribution in [-0.4, -0.2) is 154 Å². The Hall–Kier alpha value is -5.22. The SMILES string of the molecule is CC(O)[C@H]1C(=O)N[C@@H](CO)C(=O)N[C@H](C(=O)N[C@@H](CO)C(=O)N[C@@H](Cc2ccccc2)C(N)=O)CCCCNC(=O)CC[C@H](NC(=O)[C@@H](N)CO)C(=O)N1C. The van der Waals surface area contributed by atoms with Gasteiger partial charge in [-0.3, -0.25) is 38.4 Å². The van der Waals surface area contributed by atoms with Crippen LogP contribution >= 0.6 is 0 Å². The molecule has 0 aromatic heterocycles. The Labute approximate surface area is 317 Å². The summed E-state index contributed by atoms with van der Waals surface area (Å²) in [5.41, 5.74) is 11.7. The van der Waals surface area contributed by atoms with Crippen LogP contribution in [0.15, 0.2) is 30.3 Å². The van der Waals surface area contributed by atoms with Crippen molar-refractivity contribution in [3.8, 4) is 0 Å². The van der Waals surface area contributed by atoms with Crippen LogP contribution in [0.2, 0.25) is 0 Å². The average Bonchev–Trinajstić information content (AvgIpc) is 3.15. The average molecular weight is 780 g/mol. The number of benzene rings is 1. The molecular weight excluding hydrogens is 726 g/mol. The number of nitrogens with two attached hydrogens (primary N) is 2. The van der Waals surface area contributed by atoms with Crippen molar-refractivity contribution in [2.24, 2.45) is 11.5 Å². The minimum absolute atomic E-state index is 0.0217. The van der Waals surface area contributed by atoms with Gasteiger partial charge in [0.1, 0.15) is 42.3 Å². The van der Waals surface area contributed by atoms with Crippen molar-refractivity contribution in [2.45, 2.75) is 93.8 Å². The maximum absolute atomic E-state index is 13.6. The number of aliphatic hydroxyl groups excluding tert-OH is 4. The second-order valence-corrected chi connectivity index (χ2v) is 13.1. The molecule has 1 aliphatic heterocycles. The highest BCUT2D eigenvalue weighted by Crippen LogP contribution is 2.12. The molecule has 1 heterocycles. The van der Waals surface area contributed by atoms with E-state index in [1.165, 1.54) is 0 Å². The lowest BCUT2D eigenvalue weighted by Crippen LogP contribution is -2.62. The minimum Gasteiger partial charge on any atom is -0.394 e. The van der Waals surface area contributed by atoms with E-state index in [9.17, 15) is 58.8 Å². The summed E-state index contributed by atoms with van der Waals surface area (Å²) in [7, 11) is 1.12. The number of aliphatic hydroxyl groups is 4. The number of amides is 8. The molecule has 0 spiro atoms. The fourth-order valence-electron chi connectivity index (χ4n) is 5.59. The molecule has 306 valence electrons. The van der Waals surface area contributed by atoms with Crippen LogP contribution in [0.5, 0.6) is 0 Å². The summed E-state index contributed by atoms with van der Waals surface area (Å²) < 4.78 is 0. The summed E-state index contributed by atoms with van der Waals surface area (Å²) in [6, 6.07) is -1.87. The van der Waals surface area contributed by atoms with Gasteiger partial charge < -0.3 is 68.7 Å². The molecule has 0 aliphatic carbocycles. The van der Waals surface area contributed by atoms with Gasteiger partial charge >= 0.3 is 0 Å². The van der Waals surface area contributed by atoms with Gasteiger partial charge in [0.15, 0.2) is 0 Å². The lowest BCUT2D eigenvalue weighted by molar-refractivity contribution is -0.146. The van der Waals surface area contributed by atoms with Crippen LogP contribution in [0.1, 0.15) is 44.6 Å². The first-order valence-electron chi connectivity index (χ1n) is 17.7. The Morgan fingerprint density at radius 3 is 2.16 bits per heavy atom. The molecule has 0 bridgehead atoms. The van der Waals surface area contributed by atoms with Gasteiger partial charge in [-0.25, -0.2) is 0 Å². The zero-order valence-electron chi connectivity index (χ0n) is 30.7. The molecule has 1 aliphatic rings. The molecule has 0 radical (unpaired) electrons. The van der Waals surface area contributed by atoms with Crippen molar-refractivity contribution in [3.05, 3.63) is 35.9 Å². The van der Waals surface area contributed by atoms with Crippen molar-refractivity contribution in [3.63, 3.8) is 0 Å². The fourth-order valence-corrected chi connectivity index (χ4v) is 5.59. The number of nitrogens with one attached hydrogen (secondary N) is 6. The molecule has 1 aromatic carbocycles. The van der Waals surface area contributed by atoms with E-state index in [0.29, 0.717) is 5.56 Å². The van der Waals surface area contributed by atoms with E-state index < -0.39 is 115 Å². The third-order valence-electron chi connectivity index (χ3n) is 8.75. The highest BCUT2D eigenvalue weighted by atomic mass is 16.3. The number of likely N-dealkylation sites (N-methyl/N-ethyl adjacent to an activating group) is 1. The van der Waals surface area contributed by atoms with Crippen molar-refractivity contribution >= 4 is 47.3 Å². The van der Waals surface area contributed by atoms with Gasteiger partial charge in [0, 0.05) is 26.4 Å². The van der Waals surface area contributed by atoms with Crippen LogP contribution in [0.25, 0.3) is 0 Å². The predicted octanol–water partition coefficient (Wildman–Crippen LogP) is -6.27. The number of nitrogens with zero attached hydrogens (tertiary/aromatic N) is 1. The number of primary amides is 1. The topological polar surface area (TPSA) is 345 Å². The van der Waals surface area contributed by atoms with Crippen LogP contribution in [0.4, 0.5) is 0 Å². The third kappa shape index (κ3) is 14.5. The molecule has 1 saturated heterocycles. The van der Waals surface area contributed by atoms with Crippen LogP contribution < -0.4 is 43.4 Å². The van der Waals surface area contributed by atoms with Crippen molar-refractivity contribution in [2.75, 3.05) is 33.4 Å². The maximum Gasteiger partial charge on any atom is 0.246 e. The van der Waals surface area contributed by atoms with Gasteiger partial charge in [-0.15, -0.1) is 0 Å². The molecule has 2 rings (SSSR count). The molecule has 8 amide bonds. The Bertz CT molecular complexity index is 1500. The van der Waals surface area contributed by atoms with Gasteiger partial charge in [0.05, 0.1) is 25.9 Å². The molecule has 14 N–H and O–H groups in total. The molecule has 21 heteroatoms. The van der Waals surface area contributed by atoms with Gasteiger partial charge in [-0.2, -0.15) is 0 Å². The summed E-state index contributed by atoms with van der Waals surface area (Å²) in [5, 5.41) is 54.2. The zero-order valence-corrected chi connectivity index (χ0v) is 30.7. The van der Waals surface area contributed by atoms with Gasteiger partial charge in [-0.1, -0.05) is 30.3 Å². The van der Waals surface area contributed by atoms with E-state index in [1.807, 2.05) is 0 Å². The summed E-state index contributed by atoms with van der Waals surface area (Å²) >= 11 is 0. The van der Waals surface area contributed by atoms with Crippen molar-refractivity contribution in [1.82, 2.24) is 36.8 Å². The van der Waals surface area contributed by atoms with E-state index in [0.717, 1.165) is 18.9 Å². The number of carbonyl (C=O) groups excluding carboxylic acids is 8. The smallest absolute Gasteiger partial charge is 0.246 e. The summed E-state index contributed by atoms with van der Waals surface area (Å²) in [4.78, 5) is 105. The number of hydrogen-bond acceptors (Lipinski definition) is 13. The second-order valence-electron chi connectivity index (χ2n) is 13.1. The first-order chi connectivity index (χ1) is 26.0. The number of carbonyl (C=O) groups is 8. The standard InChI is InChI=1S/C34H53N9O12/c1-18(47)27-33(54)42-25(17-46)31(52)38-21(30(51)41-24(16-45)32(53)40-23(28(36)49)14-19-8-4-3-5-9-19)10-6-7-13-37-26(48)12-11-22(34(55)43(27)2)39-29(50)20(35)15-44/h3-5,8-9,18,20-25,27,44-47H,6-7,10-17,35H2,1-2H3,(H2,36,49)(H,37,48)(H,38,52)(H,39,50)(H,40,53)(H,41,51)(H,42,54)/t18?,20-,21-,22-,23-,24-,25-,27-/m0/s1. The van der Waals surface area contributed by atoms with Gasteiger partial charge in [0.2, 0.25) is 47.3 Å². The quantitative estimate of drug-likeness (QED) is 0.0888. The molecule has 1 fully saturated rings. The van der Waals surface area contributed by atoms with E-state index in [4.69, 9.17) is 11.5 Å². The van der Waals surface area contributed by atoms with E-state index in [2.05, 4.69) is 31.9 Å². The van der Waals surface area contributed by atoms with Crippen LogP contribution in [0, 0.1) is 0 Å². The number of rotatable bonds is 13. The van der Waals surface area contributed by atoms with E-state index in [-0.39, 0.29) is 45.1 Å². The van der Waals surface area contributed by atoms with E-state index in [1.54, 1.807) is 30.3 Å². The summed E-state index contributed by atoms with van der Waals surface area (Å²) in [5.74, 6) is -7.35. The Morgan fingerprint density at radius 1 is 0.909 bits per heavy atom. The van der Waals surface area contributed by atoms with Crippen LogP contribution in [-0.2, 0) is 44.8 Å². The van der Waals surface area contributed by atoms with Crippen molar-refractivity contribution < 1.29 is 58.8 Å². The molecule has 1 aromatic rings. The predicted molar refractivity (Wildman–Crippen MR) is 193 cm³/mol. The Morgan fingerprint density at radius 2 is 1.58 bits per heavy atom. The largest absolute Gasteiger partial charge is 0.394 e.